The molecule has 2 aromatic carbocycles. The zero-order valence-electron chi connectivity index (χ0n) is 19.5. The molecule has 6 rings (SSSR count). The molecule has 0 spiro atoms. The zero-order valence-corrected chi connectivity index (χ0v) is 19.5. The van der Waals surface area contributed by atoms with E-state index in [-0.39, 0.29) is 35.6 Å². The topological polar surface area (TPSA) is 84.1 Å². The van der Waals surface area contributed by atoms with E-state index in [4.69, 9.17) is 18.9 Å². The number of likely N-dealkylation sites (tertiary alicyclic amines) is 2. The molecule has 0 bridgehead atoms. The largest absolute Gasteiger partial charge is 0.445 e. The summed E-state index contributed by atoms with van der Waals surface area (Å²) >= 11 is 0. The second-order valence-electron chi connectivity index (χ2n) is 9.68. The smallest absolute Gasteiger partial charge is 0.410 e. The van der Waals surface area contributed by atoms with Crippen LogP contribution in [0, 0.1) is 0 Å². The summed E-state index contributed by atoms with van der Waals surface area (Å²) in [6.45, 7) is 7.33. The van der Waals surface area contributed by atoms with Gasteiger partial charge in [0.15, 0.2) is 0 Å². The Morgan fingerprint density at radius 3 is 1.47 bits per heavy atom. The van der Waals surface area contributed by atoms with Crippen LogP contribution in [0.5, 0.6) is 0 Å². The zero-order chi connectivity index (χ0) is 23.8. The second kappa shape index (κ2) is 8.92. The van der Waals surface area contributed by atoms with E-state index in [1.54, 1.807) is 9.80 Å². The van der Waals surface area contributed by atoms with Crippen LogP contribution in [-0.2, 0) is 32.2 Å². The first-order valence-corrected chi connectivity index (χ1v) is 11.6. The lowest BCUT2D eigenvalue weighted by Gasteiger charge is -2.18. The maximum atomic E-state index is 11.8. The lowest BCUT2D eigenvalue weighted by Crippen LogP contribution is -2.33. The average Bonchev–Trinajstić information content (AvgIpc) is 3.59. The van der Waals surface area contributed by atoms with Crippen LogP contribution in [0.2, 0.25) is 0 Å². The van der Waals surface area contributed by atoms with Crippen LogP contribution in [0.15, 0.2) is 60.7 Å². The number of ether oxygens (including phenoxy) is 4. The Morgan fingerprint density at radius 2 is 1.15 bits per heavy atom. The molecule has 0 saturated carbocycles. The van der Waals surface area contributed by atoms with Crippen molar-refractivity contribution in [3.8, 4) is 0 Å². The molecular weight excluding hydrogens is 436 g/mol. The predicted molar refractivity (Wildman–Crippen MR) is 123 cm³/mol. The fourth-order valence-electron chi connectivity index (χ4n) is 4.51. The molecule has 0 N–H and O–H groups in total. The molecule has 34 heavy (non-hydrogen) atoms. The van der Waals surface area contributed by atoms with Crippen LogP contribution in [-0.4, -0.2) is 71.6 Å². The second-order valence-corrected chi connectivity index (χ2v) is 9.68. The number of hydrogen-bond donors (Lipinski definition) is 0. The number of carbonyl (C=O) groups excluding carboxylic acids is 2. The summed E-state index contributed by atoms with van der Waals surface area (Å²) < 4.78 is 21.4. The summed E-state index contributed by atoms with van der Waals surface area (Å²) in [7, 11) is 0. The monoisotopic (exact) mass is 466 g/mol. The highest BCUT2D eigenvalue weighted by molar-refractivity contribution is 5.69. The SMILES string of the molecule is CC12CN(C(=O)OCc3ccccc3)CC1O2.C[C@@]12CN(C(=O)OCc3ccccc3)C[C@@H]1O2. The summed E-state index contributed by atoms with van der Waals surface area (Å²) in [6.07, 6.45) is -0.0599. The van der Waals surface area contributed by atoms with Crippen molar-refractivity contribution in [1.29, 1.82) is 0 Å². The summed E-state index contributed by atoms with van der Waals surface area (Å²) in [5.41, 5.74) is 1.80. The van der Waals surface area contributed by atoms with E-state index < -0.39 is 0 Å². The van der Waals surface area contributed by atoms with Crippen LogP contribution in [0.25, 0.3) is 0 Å². The van der Waals surface area contributed by atoms with Gasteiger partial charge in [-0.1, -0.05) is 60.7 Å². The molecule has 4 aliphatic rings. The van der Waals surface area contributed by atoms with Crippen LogP contribution in [0.4, 0.5) is 9.59 Å². The minimum Gasteiger partial charge on any atom is -0.445 e. The number of nitrogens with zero attached hydrogens (tertiary/aromatic N) is 2. The molecule has 8 heteroatoms. The minimum atomic E-state index is -0.245. The molecule has 0 aromatic heterocycles. The van der Waals surface area contributed by atoms with Crippen molar-refractivity contribution in [3.63, 3.8) is 0 Å². The molecule has 2 aromatic rings. The van der Waals surface area contributed by atoms with Crippen molar-refractivity contribution < 1.29 is 28.5 Å². The summed E-state index contributed by atoms with van der Waals surface area (Å²) in [5, 5.41) is 0. The highest BCUT2D eigenvalue weighted by Gasteiger charge is 2.61. The predicted octanol–water partition coefficient (Wildman–Crippen LogP) is 3.59. The Hall–Kier alpha value is -3.10. The van der Waals surface area contributed by atoms with Gasteiger partial charge in [0.1, 0.15) is 36.6 Å². The average molecular weight is 467 g/mol. The van der Waals surface area contributed by atoms with Gasteiger partial charge in [0, 0.05) is 0 Å². The highest BCUT2D eigenvalue weighted by Crippen LogP contribution is 2.43. The summed E-state index contributed by atoms with van der Waals surface area (Å²) in [5.74, 6) is 0. The molecule has 4 atom stereocenters. The number of benzene rings is 2. The van der Waals surface area contributed by atoms with Crippen LogP contribution in [0.3, 0.4) is 0 Å². The van der Waals surface area contributed by atoms with Gasteiger partial charge in [-0.3, -0.25) is 0 Å². The van der Waals surface area contributed by atoms with E-state index in [0.29, 0.717) is 39.4 Å². The van der Waals surface area contributed by atoms with E-state index >= 15 is 0 Å². The first-order chi connectivity index (χ1) is 16.3. The summed E-state index contributed by atoms with van der Waals surface area (Å²) in [4.78, 5) is 27.0. The maximum absolute atomic E-state index is 11.8. The number of rotatable bonds is 4. The van der Waals surface area contributed by atoms with Gasteiger partial charge in [-0.05, 0) is 25.0 Å². The van der Waals surface area contributed by atoms with Crippen molar-refractivity contribution in [2.24, 2.45) is 0 Å². The van der Waals surface area contributed by atoms with Gasteiger partial charge in [-0.2, -0.15) is 0 Å². The van der Waals surface area contributed by atoms with Gasteiger partial charge in [0.2, 0.25) is 0 Å². The third kappa shape index (κ3) is 5.03. The van der Waals surface area contributed by atoms with Gasteiger partial charge < -0.3 is 28.7 Å². The molecule has 8 nitrogen and oxygen atoms in total. The molecule has 0 aliphatic carbocycles. The standard InChI is InChI=1S/2C13H15NO3/c2*1-13-9-14(7-11(13)17-13)12(15)16-8-10-5-3-2-4-6-10/h2*2-6,11H,7-9H2,1H3/t11-,13+;/m0./s1. The number of fused-ring (bicyclic) bond motifs is 2. The number of epoxide rings is 2. The van der Waals surface area contributed by atoms with E-state index in [1.807, 2.05) is 74.5 Å². The minimum absolute atomic E-state index is 0.105. The molecule has 2 unspecified atom stereocenters. The Kier molecular flexibility index (Phi) is 5.95. The molecule has 2 amide bonds. The number of carbonyl (C=O) groups is 2. The molecule has 0 radical (unpaired) electrons. The van der Waals surface area contributed by atoms with E-state index in [1.165, 1.54) is 0 Å². The van der Waals surface area contributed by atoms with E-state index in [2.05, 4.69) is 0 Å². The van der Waals surface area contributed by atoms with Crippen LogP contribution >= 0.6 is 0 Å². The lowest BCUT2D eigenvalue weighted by atomic mass is 10.2. The third-order valence-corrected chi connectivity index (χ3v) is 6.78. The van der Waals surface area contributed by atoms with Crippen molar-refractivity contribution in [2.75, 3.05) is 26.2 Å². The van der Waals surface area contributed by atoms with Gasteiger partial charge in [0.05, 0.1) is 26.2 Å². The number of morpholine rings is 2. The summed E-state index contributed by atoms with van der Waals surface area (Å²) in [6, 6.07) is 19.4. The Labute approximate surface area is 199 Å². The molecular formula is C26H30N2O6. The lowest BCUT2D eigenvalue weighted by molar-refractivity contribution is 0.0836. The van der Waals surface area contributed by atoms with E-state index in [0.717, 1.165) is 11.1 Å². The Bertz CT molecular complexity index is 951. The maximum Gasteiger partial charge on any atom is 0.410 e. The fourth-order valence-corrected chi connectivity index (χ4v) is 4.51. The number of amides is 2. The fraction of sp³-hybridized carbons (Fsp3) is 0.462. The molecule has 4 saturated heterocycles. The first-order valence-electron chi connectivity index (χ1n) is 11.6. The van der Waals surface area contributed by atoms with Gasteiger partial charge in [0.25, 0.3) is 0 Å². The van der Waals surface area contributed by atoms with Crippen molar-refractivity contribution in [1.82, 2.24) is 9.80 Å². The molecule has 4 aliphatic heterocycles. The van der Waals surface area contributed by atoms with Crippen molar-refractivity contribution >= 4 is 12.2 Å². The highest BCUT2D eigenvalue weighted by atomic mass is 16.6. The first kappa shape index (κ1) is 22.7. The van der Waals surface area contributed by atoms with Gasteiger partial charge in [-0.15, -0.1) is 0 Å². The molecule has 4 fully saturated rings. The Morgan fingerprint density at radius 1 is 0.765 bits per heavy atom. The molecule has 4 heterocycles. The third-order valence-electron chi connectivity index (χ3n) is 6.78. The van der Waals surface area contributed by atoms with Crippen molar-refractivity contribution in [2.45, 2.75) is 50.5 Å². The normalized spacial score (nSPS) is 29.9. The van der Waals surface area contributed by atoms with Gasteiger partial charge >= 0.3 is 12.2 Å². The van der Waals surface area contributed by atoms with Gasteiger partial charge in [-0.25, -0.2) is 9.59 Å². The van der Waals surface area contributed by atoms with Crippen LogP contribution < -0.4 is 0 Å². The molecule has 180 valence electrons. The van der Waals surface area contributed by atoms with E-state index in [9.17, 15) is 9.59 Å². The number of hydrogen-bond acceptors (Lipinski definition) is 6. The quantitative estimate of drug-likeness (QED) is 0.641. The van der Waals surface area contributed by atoms with Crippen molar-refractivity contribution in [3.05, 3.63) is 71.8 Å². The van der Waals surface area contributed by atoms with Crippen LogP contribution in [0.1, 0.15) is 25.0 Å². The Balaban J connectivity index is 0.000000142.